The van der Waals surface area contributed by atoms with E-state index in [1.165, 1.54) is 11.3 Å². The molecule has 2 aromatic rings. The zero-order chi connectivity index (χ0) is 13.9. The fourth-order valence-electron chi connectivity index (χ4n) is 2.52. The highest BCUT2D eigenvalue weighted by atomic mass is 32.1. The number of hydrogen-bond acceptors (Lipinski definition) is 4. The molecule has 106 valence electrons. The highest BCUT2D eigenvalue weighted by Crippen LogP contribution is 2.28. The summed E-state index contributed by atoms with van der Waals surface area (Å²) in [4.78, 5) is 4.51. The maximum Gasteiger partial charge on any atom is 0.0901 e. The van der Waals surface area contributed by atoms with E-state index in [0.717, 1.165) is 30.2 Å². The van der Waals surface area contributed by atoms with Crippen LogP contribution in [-0.4, -0.2) is 23.7 Å². The Morgan fingerprint density at radius 3 is 2.65 bits per heavy atom. The molecule has 4 heteroatoms. The second-order valence-electron chi connectivity index (χ2n) is 5.22. The van der Waals surface area contributed by atoms with Gasteiger partial charge in [-0.15, -0.1) is 11.3 Å². The van der Waals surface area contributed by atoms with Gasteiger partial charge >= 0.3 is 0 Å². The molecule has 1 saturated carbocycles. The third-order valence-electron chi connectivity index (χ3n) is 3.67. The zero-order valence-corrected chi connectivity index (χ0v) is 12.7. The average Bonchev–Trinajstić information content (AvgIpc) is 2.84. The molecule has 0 amide bonds. The van der Waals surface area contributed by atoms with Gasteiger partial charge in [-0.3, -0.25) is 0 Å². The van der Waals surface area contributed by atoms with Crippen molar-refractivity contribution in [3.05, 3.63) is 34.7 Å². The van der Waals surface area contributed by atoms with Crippen molar-refractivity contribution in [2.45, 2.75) is 38.8 Å². The van der Waals surface area contributed by atoms with Crippen molar-refractivity contribution in [2.75, 3.05) is 11.9 Å². The van der Waals surface area contributed by atoms with Gasteiger partial charge in [-0.1, -0.05) is 12.1 Å². The van der Waals surface area contributed by atoms with Crippen molar-refractivity contribution in [3.8, 4) is 11.3 Å². The van der Waals surface area contributed by atoms with Gasteiger partial charge in [0.25, 0.3) is 0 Å². The second kappa shape index (κ2) is 5.94. The standard InChI is InChI=1S/C16H20N2OS/c1-3-19-15-8-14(9-15)18-13-6-4-12(5-7-13)16-10-20-11(2)17-16/h4-7,10,14-15,18H,3,8-9H2,1-2H3. The van der Waals surface area contributed by atoms with Crippen molar-refractivity contribution in [3.63, 3.8) is 0 Å². The van der Waals surface area contributed by atoms with Gasteiger partial charge in [-0.25, -0.2) is 4.98 Å². The van der Waals surface area contributed by atoms with Gasteiger partial charge in [0.05, 0.1) is 16.8 Å². The second-order valence-corrected chi connectivity index (χ2v) is 6.28. The zero-order valence-electron chi connectivity index (χ0n) is 11.9. The van der Waals surface area contributed by atoms with Crippen LogP contribution in [0, 0.1) is 6.92 Å². The minimum absolute atomic E-state index is 0.453. The fourth-order valence-corrected chi connectivity index (χ4v) is 3.15. The van der Waals surface area contributed by atoms with E-state index < -0.39 is 0 Å². The number of rotatable bonds is 5. The molecule has 0 saturated heterocycles. The monoisotopic (exact) mass is 288 g/mol. The predicted molar refractivity (Wildman–Crippen MR) is 84.3 cm³/mol. The number of hydrogen-bond donors (Lipinski definition) is 1. The van der Waals surface area contributed by atoms with Crippen molar-refractivity contribution >= 4 is 17.0 Å². The molecule has 0 radical (unpaired) electrons. The van der Waals surface area contributed by atoms with Crippen molar-refractivity contribution in [2.24, 2.45) is 0 Å². The largest absolute Gasteiger partial charge is 0.382 e. The molecule has 1 aromatic heterocycles. The van der Waals surface area contributed by atoms with E-state index in [9.17, 15) is 0 Å². The van der Waals surface area contributed by atoms with Gasteiger partial charge < -0.3 is 10.1 Å². The molecule has 3 rings (SSSR count). The van der Waals surface area contributed by atoms with Crippen LogP contribution in [0.25, 0.3) is 11.3 Å². The van der Waals surface area contributed by atoms with E-state index in [1.54, 1.807) is 11.3 Å². The van der Waals surface area contributed by atoms with Gasteiger partial charge in [0, 0.05) is 29.3 Å². The quantitative estimate of drug-likeness (QED) is 0.899. The van der Waals surface area contributed by atoms with Crippen LogP contribution in [0.5, 0.6) is 0 Å². The summed E-state index contributed by atoms with van der Waals surface area (Å²) in [6.07, 6.45) is 2.68. The fraction of sp³-hybridized carbons (Fsp3) is 0.438. The summed E-state index contributed by atoms with van der Waals surface area (Å²) in [5.41, 5.74) is 3.43. The van der Waals surface area contributed by atoms with Gasteiger partial charge in [-0.05, 0) is 38.8 Å². The molecular weight excluding hydrogens is 268 g/mol. The van der Waals surface area contributed by atoms with Crippen LogP contribution in [0.3, 0.4) is 0 Å². The Morgan fingerprint density at radius 2 is 2.05 bits per heavy atom. The Kier molecular flexibility index (Phi) is 4.03. The van der Waals surface area contributed by atoms with E-state index in [-0.39, 0.29) is 0 Å². The molecule has 1 aromatic carbocycles. The van der Waals surface area contributed by atoms with Crippen LogP contribution < -0.4 is 5.32 Å². The van der Waals surface area contributed by atoms with E-state index >= 15 is 0 Å². The van der Waals surface area contributed by atoms with Crippen LogP contribution >= 0.6 is 11.3 Å². The normalized spacial score (nSPS) is 21.5. The number of anilines is 1. The molecule has 3 nitrogen and oxygen atoms in total. The average molecular weight is 288 g/mol. The molecule has 1 N–H and O–H groups in total. The van der Waals surface area contributed by atoms with E-state index in [2.05, 4.69) is 46.9 Å². The SMILES string of the molecule is CCOC1CC(Nc2ccc(-c3csc(C)n3)cc2)C1. The van der Waals surface area contributed by atoms with Gasteiger partial charge in [0.1, 0.15) is 0 Å². The molecule has 0 atom stereocenters. The maximum atomic E-state index is 5.58. The van der Waals surface area contributed by atoms with Gasteiger partial charge in [0.15, 0.2) is 0 Å². The van der Waals surface area contributed by atoms with E-state index in [4.69, 9.17) is 4.74 Å². The van der Waals surface area contributed by atoms with Crippen molar-refractivity contribution in [1.29, 1.82) is 0 Å². The number of nitrogens with zero attached hydrogens (tertiary/aromatic N) is 1. The Balaban J connectivity index is 1.57. The Bertz CT molecular complexity index is 558. The number of ether oxygens (including phenoxy) is 1. The summed E-state index contributed by atoms with van der Waals surface area (Å²) >= 11 is 1.69. The van der Waals surface area contributed by atoms with Crippen LogP contribution in [0.15, 0.2) is 29.6 Å². The van der Waals surface area contributed by atoms with Crippen LogP contribution in [0.1, 0.15) is 24.8 Å². The van der Waals surface area contributed by atoms with Crippen molar-refractivity contribution in [1.82, 2.24) is 4.98 Å². The van der Waals surface area contributed by atoms with Crippen LogP contribution in [0.2, 0.25) is 0 Å². The Morgan fingerprint density at radius 1 is 1.30 bits per heavy atom. The molecule has 1 aliphatic rings. The molecule has 1 fully saturated rings. The smallest absolute Gasteiger partial charge is 0.0901 e. The van der Waals surface area contributed by atoms with Crippen molar-refractivity contribution < 1.29 is 4.74 Å². The number of nitrogens with one attached hydrogen (secondary N) is 1. The third kappa shape index (κ3) is 3.02. The lowest BCUT2D eigenvalue weighted by Gasteiger charge is -2.36. The molecular formula is C16H20N2OS. The summed E-state index contributed by atoms with van der Waals surface area (Å²) < 4.78 is 5.58. The molecule has 0 bridgehead atoms. The first kappa shape index (κ1) is 13.6. The molecule has 0 unspecified atom stereocenters. The Hall–Kier alpha value is -1.39. The minimum Gasteiger partial charge on any atom is -0.382 e. The maximum absolute atomic E-state index is 5.58. The van der Waals surface area contributed by atoms with Gasteiger partial charge in [0.2, 0.25) is 0 Å². The summed E-state index contributed by atoms with van der Waals surface area (Å²) in [7, 11) is 0. The highest BCUT2D eigenvalue weighted by Gasteiger charge is 2.29. The van der Waals surface area contributed by atoms with E-state index in [0.29, 0.717) is 12.1 Å². The topological polar surface area (TPSA) is 34.1 Å². The number of aromatic nitrogens is 1. The number of thiazole rings is 1. The lowest BCUT2D eigenvalue weighted by atomic mass is 9.89. The first-order valence-electron chi connectivity index (χ1n) is 7.15. The van der Waals surface area contributed by atoms with Crippen LogP contribution in [0.4, 0.5) is 5.69 Å². The Labute approximate surface area is 124 Å². The predicted octanol–water partition coefficient (Wildman–Crippen LogP) is 4.10. The molecule has 1 aliphatic carbocycles. The summed E-state index contributed by atoms with van der Waals surface area (Å²) in [6.45, 7) is 4.91. The lowest BCUT2D eigenvalue weighted by molar-refractivity contribution is 0.00299. The summed E-state index contributed by atoms with van der Waals surface area (Å²) in [6, 6.07) is 9.10. The minimum atomic E-state index is 0.453. The molecule has 1 heterocycles. The summed E-state index contributed by atoms with van der Waals surface area (Å²) in [5, 5.41) is 6.77. The molecule has 0 spiro atoms. The number of aryl methyl sites for hydroxylation is 1. The summed E-state index contributed by atoms with van der Waals surface area (Å²) in [5.74, 6) is 0. The van der Waals surface area contributed by atoms with Crippen LogP contribution in [-0.2, 0) is 4.74 Å². The number of benzene rings is 1. The lowest BCUT2D eigenvalue weighted by Crippen LogP contribution is -2.40. The first-order chi connectivity index (χ1) is 9.74. The van der Waals surface area contributed by atoms with Gasteiger partial charge in [-0.2, -0.15) is 0 Å². The molecule has 0 aliphatic heterocycles. The third-order valence-corrected chi connectivity index (χ3v) is 4.44. The first-order valence-corrected chi connectivity index (χ1v) is 8.03. The highest BCUT2D eigenvalue weighted by molar-refractivity contribution is 7.09. The van der Waals surface area contributed by atoms with E-state index in [1.807, 2.05) is 6.92 Å². The molecule has 20 heavy (non-hydrogen) atoms.